The molecule has 1 aliphatic rings. The van der Waals surface area contributed by atoms with E-state index in [1.807, 2.05) is 18.2 Å². The number of fused-ring (bicyclic) bond motifs is 1. The third-order valence-corrected chi connectivity index (χ3v) is 4.65. The first-order chi connectivity index (χ1) is 14.1. The predicted molar refractivity (Wildman–Crippen MR) is 102 cm³/mol. The summed E-state index contributed by atoms with van der Waals surface area (Å²) in [5.41, 5.74) is 2.89. The molecular weight excluding hydrogens is 376 g/mol. The Bertz CT molecular complexity index is 1030. The molecule has 2 heterocycles. The molecule has 1 atom stereocenters. The highest BCUT2D eigenvalue weighted by atomic mass is 16.6. The summed E-state index contributed by atoms with van der Waals surface area (Å²) in [5, 5.41) is 25.5. The number of nitro benzene ring substituents is 1. The lowest BCUT2D eigenvalue weighted by molar-refractivity contribution is -0.384. The number of hydrogen-bond donors (Lipinski definition) is 1. The number of carbonyl (C=O) groups is 1. The molecule has 1 amide bonds. The smallest absolute Gasteiger partial charge is 0.269 e. The number of carbonyl (C=O) groups excluding carboxylic acids is 1. The molecule has 1 aromatic heterocycles. The number of tetrazole rings is 1. The van der Waals surface area contributed by atoms with Gasteiger partial charge >= 0.3 is 0 Å². The van der Waals surface area contributed by atoms with Crippen LogP contribution in [0.2, 0.25) is 0 Å². The van der Waals surface area contributed by atoms with Crippen LogP contribution in [0.5, 0.6) is 0 Å². The fourth-order valence-corrected chi connectivity index (χ4v) is 3.19. The minimum atomic E-state index is -0.479. The number of ether oxygens (including phenoxy) is 1. The normalized spacial score (nSPS) is 15.5. The number of hydrogen-bond acceptors (Lipinski definition) is 7. The largest absolute Gasteiger partial charge is 0.371 e. The number of nitro groups is 1. The summed E-state index contributed by atoms with van der Waals surface area (Å²) < 4.78 is 5.78. The Morgan fingerprint density at radius 1 is 1.24 bits per heavy atom. The second-order valence-electron chi connectivity index (χ2n) is 6.56. The number of non-ortho nitro benzene ring substituents is 1. The van der Waals surface area contributed by atoms with E-state index in [9.17, 15) is 14.9 Å². The lowest BCUT2D eigenvalue weighted by atomic mass is 9.97. The van der Waals surface area contributed by atoms with Gasteiger partial charge in [-0.15, -0.1) is 10.2 Å². The van der Waals surface area contributed by atoms with Crippen LogP contribution >= 0.6 is 0 Å². The van der Waals surface area contributed by atoms with Crippen LogP contribution in [-0.4, -0.2) is 44.2 Å². The second-order valence-corrected chi connectivity index (χ2v) is 6.56. The van der Waals surface area contributed by atoms with E-state index in [4.69, 9.17) is 4.74 Å². The van der Waals surface area contributed by atoms with Gasteiger partial charge in [0.1, 0.15) is 12.6 Å². The first-order valence-corrected chi connectivity index (χ1v) is 9.09. The van der Waals surface area contributed by atoms with Gasteiger partial charge in [0.15, 0.2) is 0 Å². The van der Waals surface area contributed by atoms with Crippen molar-refractivity contribution >= 4 is 11.6 Å². The molecule has 0 bridgehead atoms. The molecule has 29 heavy (non-hydrogen) atoms. The number of amides is 1. The van der Waals surface area contributed by atoms with E-state index < -0.39 is 4.92 Å². The molecule has 10 heteroatoms. The maximum atomic E-state index is 12.3. The van der Waals surface area contributed by atoms with Crippen LogP contribution < -0.4 is 5.32 Å². The second kappa shape index (κ2) is 8.15. The molecule has 0 saturated carbocycles. The minimum absolute atomic E-state index is 0.0213. The molecule has 0 aliphatic carbocycles. The van der Waals surface area contributed by atoms with E-state index in [2.05, 4.69) is 26.8 Å². The quantitative estimate of drug-likeness (QED) is 0.498. The van der Waals surface area contributed by atoms with Gasteiger partial charge in [-0.3, -0.25) is 14.9 Å². The summed E-state index contributed by atoms with van der Waals surface area (Å²) in [5.74, 6) is 0.0292. The van der Waals surface area contributed by atoms with Gasteiger partial charge in [0.2, 0.25) is 11.7 Å². The van der Waals surface area contributed by atoms with Crippen molar-refractivity contribution in [3.8, 4) is 11.4 Å². The Balaban J connectivity index is 1.34. The van der Waals surface area contributed by atoms with Crippen LogP contribution in [0.25, 0.3) is 11.4 Å². The molecule has 3 aromatic rings. The predicted octanol–water partition coefficient (Wildman–Crippen LogP) is 1.68. The van der Waals surface area contributed by atoms with Gasteiger partial charge in [-0.1, -0.05) is 24.3 Å². The number of aromatic nitrogens is 4. The first kappa shape index (κ1) is 18.7. The first-order valence-electron chi connectivity index (χ1n) is 9.09. The van der Waals surface area contributed by atoms with Crippen LogP contribution in [0, 0.1) is 10.1 Å². The van der Waals surface area contributed by atoms with Crippen molar-refractivity contribution in [1.29, 1.82) is 0 Å². The Morgan fingerprint density at radius 3 is 2.83 bits per heavy atom. The SMILES string of the molecule is O=C(Cn1nnc(-c2ccc([N+](=O)[O-])cc2)n1)NC[C@H]1OCCc2ccccc21. The molecule has 148 valence electrons. The van der Waals surface area contributed by atoms with E-state index in [0.717, 1.165) is 12.0 Å². The highest BCUT2D eigenvalue weighted by Gasteiger charge is 2.21. The zero-order chi connectivity index (χ0) is 20.2. The van der Waals surface area contributed by atoms with Gasteiger partial charge in [-0.25, -0.2) is 0 Å². The molecule has 0 unspecified atom stereocenters. The molecule has 0 spiro atoms. The maximum Gasteiger partial charge on any atom is 0.269 e. The lowest BCUT2D eigenvalue weighted by Gasteiger charge is -2.26. The van der Waals surface area contributed by atoms with E-state index in [0.29, 0.717) is 18.7 Å². The summed E-state index contributed by atoms with van der Waals surface area (Å²) in [6.07, 6.45) is 0.692. The van der Waals surface area contributed by atoms with Crippen LogP contribution in [-0.2, 0) is 22.5 Å². The Kier molecular flexibility index (Phi) is 5.25. The van der Waals surface area contributed by atoms with Gasteiger partial charge in [0.05, 0.1) is 11.5 Å². The summed E-state index contributed by atoms with van der Waals surface area (Å²) in [6.45, 7) is 0.898. The highest BCUT2D eigenvalue weighted by Crippen LogP contribution is 2.26. The van der Waals surface area contributed by atoms with E-state index in [1.165, 1.54) is 34.6 Å². The van der Waals surface area contributed by atoms with Crippen molar-refractivity contribution in [3.63, 3.8) is 0 Å². The van der Waals surface area contributed by atoms with Crippen molar-refractivity contribution in [3.05, 3.63) is 69.8 Å². The third-order valence-electron chi connectivity index (χ3n) is 4.65. The molecule has 10 nitrogen and oxygen atoms in total. The zero-order valence-corrected chi connectivity index (χ0v) is 15.4. The van der Waals surface area contributed by atoms with Crippen LogP contribution in [0.4, 0.5) is 5.69 Å². The van der Waals surface area contributed by atoms with Gasteiger partial charge < -0.3 is 10.1 Å². The lowest BCUT2D eigenvalue weighted by Crippen LogP contribution is -2.34. The number of rotatable bonds is 6. The summed E-state index contributed by atoms with van der Waals surface area (Å²) >= 11 is 0. The van der Waals surface area contributed by atoms with E-state index >= 15 is 0 Å². The van der Waals surface area contributed by atoms with Crippen molar-refractivity contribution in [1.82, 2.24) is 25.5 Å². The molecule has 4 rings (SSSR count). The third kappa shape index (κ3) is 4.27. The molecule has 0 saturated heterocycles. The number of nitrogens with zero attached hydrogens (tertiary/aromatic N) is 5. The highest BCUT2D eigenvalue weighted by molar-refractivity contribution is 5.75. The molecule has 0 fully saturated rings. The van der Waals surface area contributed by atoms with E-state index in [-0.39, 0.29) is 30.1 Å². The Hall–Kier alpha value is -3.66. The number of nitrogens with one attached hydrogen (secondary N) is 1. The number of benzene rings is 2. The van der Waals surface area contributed by atoms with Crippen LogP contribution in [0.3, 0.4) is 0 Å². The standard InChI is InChI=1S/C19H18N6O4/c26-18(20-11-17-16-4-2-1-3-13(16)9-10-29-17)12-24-22-19(21-23-24)14-5-7-15(8-6-14)25(27)28/h1-8,17H,9-12H2,(H,20,26)/t17-/m1/s1. The van der Waals surface area contributed by atoms with Gasteiger partial charge in [0, 0.05) is 24.2 Å². The Morgan fingerprint density at radius 2 is 2.03 bits per heavy atom. The Labute approximate surface area is 165 Å². The molecular formula is C19H18N6O4. The summed E-state index contributed by atoms with van der Waals surface area (Å²) in [4.78, 5) is 23.7. The molecule has 0 radical (unpaired) electrons. The zero-order valence-electron chi connectivity index (χ0n) is 15.4. The average molecular weight is 394 g/mol. The topological polar surface area (TPSA) is 125 Å². The fraction of sp³-hybridized carbons (Fsp3) is 0.263. The van der Waals surface area contributed by atoms with E-state index in [1.54, 1.807) is 0 Å². The maximum absolute atomic E-state index is 12.3. The van der Waals surface area contributed by atoms with Crippen LogP contribution in [0.1, 0.15) is 17.2 Å². The molecule has 2 aromatic carbocycles. The van der Waals surface area contributed by atoms with Gasteiger partial charge in [-0.2, -0.15) is 4.80 Å². The summed E-state index contributed by atoms with van der Waals surface area (Å²) in [6, 6.07) is 13.9. The van der Waals surface area contributed by atoms with Crippen molar-refractivity contribution in [2.75, 3.05) is 13.2 Å². The van der Waals surface area contributed by atoms with Gasteiger partial charge in [0.25, 0.3) is 5.69 Å². The molecule has 1 N–H and O–H groups in total. The monoisotopic (exact) mass is 394 g/mol. The summed E-state index contributed by atoms with van der Waals surface area (Å²) in [7, 11) is 0. The minimum Gasteiger partial charge on any atom is -0.371 e. The van der Waals surface area contributed by atoms with Crippen molar-refractivity contribution in [2.24, 2.45) is 0 Å². The fourth-order valence-electron chi connectivity index (χ4n) is 3.19. The van der Waals surface area contributed by atoms with Crippen molar-refractivity contribution < 1.29 is 14.5 Å². The van der Waals surface area contributed by atoms with Crippen molar-refractivity contribution in [2.45, 2.75) is 19.1 Å². The molecule has 1 aliphatic heterocycles. The van der Waals surface area contributed by atoms with Crippen LogP contribution in [0.15, 0.2) is 48.5 Å². The average Bonchev–Trinajstić information content (AvgIpc) is 3.20. The van der Waals surface area contributed by atoms with Gasteiger partial charge in [-0.05, 0) is 34.9 Å².